The van der Waals surface area contributed by atoms with Crippen molar-refractivity contribution in [3.63, 3.8) is 0 Å². The summed E-state index contributed by atoms with van der Waals surface area (Å²) in [6.07, 6.45) is 5.53. The first-order valence-corrected chi connectivity index (χ1v) is 6.30. The maximum atomic E-state index is 5.44. The monoisotopic (exact) mass is 215 g/mol. The molecule has 0 amide bonds. The van der Waals surface area contributed by atoms with Crippen LogP contribution in [0.4, 0.5) is 0 Å². The SMILES string of the molecule is CCOC(CNCCCC1CC1)OCC. The summed E-state index contributed by atoms with van der Waals surface area (Å²) >= 11 is 0. The van der Waals surface area contributed by atoms with E-state index in [-0.39, 0.29) is 6.29 Å². The molecule has 0 aromatic rings. The summed E-state index contributed by atoms with van der Waals surface area (Å²) in [6.45, 7) is 7.33. The number of ether oxygens (including phenoxy) is 2. The molecule has 1 rings (SSSR count). The van der Waals surface area contributed by atoms with Crippen LogP contribution in [0.25, 0.3) is 0 Å². The Morgan fingerprint density at radius 1 is 1.20 bits per heavy atom. The van der Waals surface area contributed by atoms with Gasteiger partial charge in [0.2, 0.25) is 0 Å². The molecular formula is C12H25NO2. The Morgan fingerprint density at radius 3 is 2.40 bits per heavy atom. The lowest BCUT2D eigenvalue weighted by Gasteiger charge is -2.17. The van der Waals surface area contributed by atoms with E-state index < -0.39 is 0 Å². The van der Waals surface area contributed by atoms with Gasteiger partial charge in [0.25, 0.3) is 0 Å². The fourth-order valence-electron chi connectivity index (χ4n) is 1.68. The second-order valence-corrected chi connectivity index (χ2v) is 4.13. The molecule has 0 spiro atoms. The first-order chi connectivity index (χ1) is 7.36. The van der Waals surface area contributed by atoms with Gasteiger partial charge < -0.3 is 14.8 Å². The molecule has 0 saturated heterocycles. The molecule has 0 radical (unpaired) electrons. The molecule has 3 nitrogen and oxygen atoms in total. The van der Waals surface area contributed by atoms with Gasteiger partial charge in [-0.3, -0.25) is 0 Å². The highest BCUT2D eigenvalue weighted by Gasteiger charge is 2.19. The third-order valence-corrected chi connectivity index (χ3v) is 2.68. The van der Waals surface area contributed by atoms with Crippen molar-refractivity contribution >= 4 is 0 Å². The molecular weight excluding hydrogens is 190 g/mol. The van der Waals surface area contributed by atoms with Crippen molar-refractivity contribution < 1.29 is 9.47 Å². The van der Waals surface area contributed by atoms with Gasteiger partial charge in [0.1, 0.15) is 0 Å². The van der Waals surface area contributed by atoms with Crippen LogP contribution in [0.3, 0.4) is 0 Å². The molecule has 1 aliphatic rings. The van der Waals surface area contributed by atoms with Crippen LogP contribution in [0.5, 0.6) is 0 Å². The average Bonchev–Trinajstić information content (AvgIpc) is 3.02. The zero-order valence-corrected chi connectivity index (χ0v) is 10.1. The van der Waals surface area contributed by atoms with E-state index in [1.165, 1.54) is 25.7 Å². The first-order valence-electron chi connectivity index (χ1n) is 6.30. The van der Waals surface area contributed by atoms with Gasteiger partial charge in [-0.1, -0.05) is 12.8 Å². The lowest BCUT2D eigenvalue weighted by molar-refractivity contribution is -0.132. The third-order valence-electron chi connectivity index (χ3n) is 2.68. The maximum absolute atomic E-state index is 5.44. The van der Waals surface area contributed by atoms with E-state index in [0.717, 1.165) is 19.0 Å². The Kier molecular flexibility index (Phi) is 6.98. The van der Waals surface area contributed by atoms with Crippen molar-refractivity contribution in [1.29, 1.82) is 0 Å². The second-order valence-electron chi connectivity index (χ2n) is 4.13. The van der Waals surface area contributed by atoms with Crippen molar-refractivity contribution in [2.75, 3.05) is 26.3 Å². The zero-order valence-electron chi connectivity index (χ0n) is 10.1. The minimum absolute atomic E-state index is 0.0686. The fraction of sp³-hybridized carbons (Fsp3) is 1.00. The molecule has 0 bridgehead atoms. The van der Waals surface area contributed by atoms with Gasteiger partial charge >= 0.3 is 0 Å². The zero-order chi connectivity index (χ0) is 10.9. The van der Waals surface area contributed by atoms with E-state index in [1.54, 1.807) is 0 Å². The van der Waals surface area contributed by atoms with Crippen molar-refractivity contribution in [3.05, 3.63) is 0 Å². The number of hydrogen-bond donors (Lipinski definition) is 1. The van der Waals surface area contributed by atoms with Gasteiger partial charge in [0, 0.05) is 19.8 Å². The Morgan fingerprint density at radius 2 is 1.87 bits per heavy atom. The normalized spacial score (nSPS) is 16.2. The molecule has 0 aliphatic heterocycles. The number of nitrogens with one attached hydrogen (secondary N) is 1. The maximum Gasteiger partial charge on any atom is 0.169 e. The molecule has 1 fully saturated rings. The van der Waals surface area contributed by atoms with Crippen LogP contribution in [0, 0.1) is 5.92 Å². The molecule has 15 heavy (non-hydrogen) atoms. The quantitative estimate of drug-likeness (QED) is 0.447. The van der Waals surface area contributed by atoms with Crippen LogP contribution < -0.4 is 5.32 Å². The molecule has 0 aromatic heterocycles. The predicted octanol–water partition coefficient (Wildman–Crippen LogP) is 2.17. The second kappa shape index (κ2) is 8.08. The van der Waals surface area contributed by atoms with Crippen LogP contribution >= 0.6 is 0 Å². The predicted molar refractivity (Wildman–Crippen MR) is 61.9 cm³/mol. The van der Waals surface area contributed by atoms with Crippen LogP contribution in [0.15, 0.2) is 0 Å². The fourth-order valence-corrected chi connectivity index (χ4v) is 1.68. The highest BCUT2D eigenvalue weighted by molar-refractivity contribution is 4.72. The van der Waals surface area contributed by atoms with E-state index in [1.807, 2.05) is 13.8 Å². The topological polar surface area (TPSA) is 30.5 Å². The van der Waals surface area contributed by atoms with Gasteiger partial charge in [0.15, 0.2) is 6.29 Å². The van der Waals surface area contributed by atoms with Crippen molar-refractivity contribution in [2.24, 2.45) is 5.92 Å². The number of rotatable bonds is 10. The highest BCUT2D eigenvalue weighted by Crippen LogP contribution is 2.33. The first kappa shape index (κ1) is 12.9. The minimum Gasteiger partial charge on any atom is -0.352 e. The lowest BCUT2D eigenvalue weighted by Crippen LogP contribution is -2.32. The van der Waals surface area contributed by atoms with Gasteiger partial charge in [-0.25, -0.2) is 0 Å². The molecule has 1 aliphatic carbocycles. The largest absolute Gasteiger partial charge is 0.352 e. The van der Waals surface area contributed by atoms with Crippen molar-refractivity contribution in [3.8, 4) is 0 Å². The number of hydrogen-bond acceptors (Lipinski definition) is 3. The minimum atomic E-state index is -0.0686. The summed E-state index contributed by atoms with van der Waals surface area (Å²) in [5.74, 6) is 1.04. The van der Waals surface area contributed by atoms with Crippen molar-refractivity contribution in [1.82, 2.24) is 5.32 Å². The molecule has 3 heteroatoms. The summed E-state index contributed by atoms with van der Waals surface area (Å²) in [6, 6.07) is 0. The summed E-state index contributed by atoms with van der Waals surface area (Å²) < 4.78 is 10.9. The molecule has 0 heterocycles. The molecule has 90 valence electrons. The van der Waals surface area contributed by atoms with Gasteiger partial charge in [0.05, 0.1) is 0 Å². The van der Waals surface area contributed by atoms with E-state index in [0.29, 0.717) is 13.2 Å². The van der Waals surface area contributed by atoms with Gasteiger partial charge in [-0.15, -0.1) is 0 Å². The Bertz CT molecular complexity index is 143. The summed E-state index contributed by atoms with van der Waals surface area (Å²) in [4.78, 5) is 0. The summed E-state index contributed by atoms with van der Waals surface area (Å²) in [7, 11) is 0. The van der Waals surface area contributed by atoms with E-state index in [4.69, 9.17) is 9.47 Å². The summed E-state index contributed by atoms with van der Waals surface area (Å²) in [5.41, 5.74) is 0. The van der Waals surface area contributed by atoms with Crippen LogP contribution in [0.2, 0.25) is 0 Å². The van der Waals surface area contributed by atoms with Gasteiger partial charge in [-0.2, -0.15) is 0 Å². The van der Waals surface area contributed by atoms with Crippen molar-refractivity contribution in [2.45, 2.75) is 45.8 Å². The lowest BCUT2D eigenvalue weighted by atomic mass is 10.2. The smallest absolute Gasteiger partial charge is 0.169 e. The van der Waals surface area contributed by atoms with E-state index >= 15 is 0 Å². The third kappa shape index (κ3) is 6.88. The molecule has 1 N–H and O–H groups in total. The van der Waals surface area contributed by atoms with Crippen LogP contribution in [-0.2, 0) is 9.47 Å². The Balaban J connectivity index is 1.89. The highest BCUT2D eigenvalue weighted by atomic mass is 16.7. The average molecular weight is 215 g/mol. The van der Waals surface area contributed by atoms with E-state index in [9.17, 15) is 0 Å². The standard InChI is InChI=1S/C12H25NO2/c1-3-14-12(15-4-2)10-13-9-5-6-11-7-8-11/h11-13H,3-10H2,1-2H3. The van der Waals surface area contributed by atoms with Crippen LogP contribution in [-0.4, -0.2) is 32.6 Å². The summed E-state index contributed by atoms with van der Waals surface area (Å²) in [5, 5.41) is 3.39. The van der Waals surface area contributed by atoms with Gasteiger partial charge in [-0.05, 0) is 39.2 Å². The Labute approximate surface area is 93.5 Å². The van der Waals surface area contributed by atoms with E-state index in [2.05, 4.69) is 5.32 Å². The Hall–Kier alpha value is -0.120. The molecule has 1 saturated carbocycles. The molecule has 0 atom stereocenters. The van der Waals surface area contributed by atoms with Crippen LogP contribution in [0.1, 0.15) is 39.5 Å². The molecule has 0 unspecified atom stereocenters. The molecule has 0 aromatic carbocycles.